The predicted molar refractivity (Wildman–Crippen MR) is 141 cm³/mol. The average Bonchev–Trinajstić information content (AvgIpc) is 3.17. The van der Waals surface area contributed by atoms with E-state index in [9.17, 15) is 14.7 Å². The number of carbonyl (C=O) groups is 2. The Morgan fingerprint density at radius 2 is 1.62 bits per heavy atom. The third-order valence-electron chi connectivity index (χ3n) is 6.10. The number of Topliss-reactive ketones (excluding diaryl/α,β-unsaturated/α-hetero) is 1. The quantitative estimate of drug-likeness (QED) is 0.156. The molecule has 192 valence electrons. The Morgan fingerprint density at radius 3 is 2.38 bits per heavy atom. The monoisotopic (exact) mass is 501 g/mol. The summed E-state index contributed by atoms with van der Waals surface area (Å²) in [5.41, 5.74) is 1.06. The highest BCUT2D eigenvalue weighted by Crippen LogP contribution is 2.40. The largest absolute Gasteiger partial charge is 0.507 e. The van der Waals surface area contributed by atoms with Crippen molar-refractivity contribution in [1.29, 1.82) is 0 Å². The van der Waals surface area contributed by atoms with Crippen LogP contribution in [0.5, 0.6) is 17.2 Å². The van der Waals surface area contributed by atoms with Gasteiger partial charge in [0, 0.05) is 19.2 Å². The molecule has 0 bridgehead atoms. The molecule has 1 atom stereocenters. The smallest absolute Gasteiger partial charge is 0.295 e. The van der Waals surface area contributed by atoms with Gasteiger partial charge in [-0.2, -0.15) is 0 Å². The second kappa shape index (κ2) is 12.2. The maximum absolute atomic E-state index is 13.2. The van der Waals surface area contributed by atoms with Crippen LogP contribution >= 0.6 is 0 Å². The number of carbonyl (C=O) groups excluding carboxylic acids is 2. The predicted octanol–water partition coefficient (Wildman–Crippen LogP) is 5.73. The number of hydrogen-bond donors (Lipinski definition) is 1. The number of rotatable bonds is 11. The van der Waals surface area contributed by atoms with Crippen LogP contribution < -0.4 is 9.47 Å². The third-order valence-corrected chi connectivity index (χ3v) is 6.10. The normalized spacial score (nSPS) is 16.7. The maximum atomic E-state index is 13.2. The lowest BCUT2D eigenvalue weighted by molar-refractivity contribution is -0.140. The summed E-state index contributed by atoms with van der Waals surface area (Å²) in [4.78, 5) is 27.7. The van der Waals surface area contributed by atoms with Crippen molar-refractivity contribution in [2.75, 3.05) is 26.9 Å². The van der Waals surface area contributed by atoms with Gasteiger partial charge >= 0.3 is 0 Å². The number of ketones is 1. The Morgan fingerprint density at radius 1 is 0.892 bits per heavy atom. The van der Waals surface area contributed by atoms with Gasteiger partial charge in [0.1, 0.15) is 23.0 Å². The van der Waals surface area contributed by atoms with E-state index in [0.29, 0.717) is 35.0 Å². The fourth-order valence-corrected chi connectivity index (χ4v) is 4.24. The van der Waals surface area contributed by atoms with Crippen molar-refractivity contribution < 1.29 is 28.9 Å². The Bertz CT molecular complexity index is 1270. The molecule has 1 saturated heterocycles. The number of hydrogen-bond acceptors (Lipinski definition) is 6. The molecule has 37 heavy (non-hydrogen) atoms. The van der Waals surface area contributed by atoms with E-state index < -0.39 is 17.7 Å². The van der Waals surface area contributed by atoms with Gasteiger partial charge in [-0.15, -0.1) is 0 Å². The molecular formula is C30H31NO6. The van der Waals surface area contributed by atoms with E-state index in [-0.39, 0.29) is 24.5 Å². The number of nitrogens with zero attached hydrogens (tertiary/aromatic N) is 1. The van der Waals surface area contributed by atoms with E-state index in [0.717, 1.165) is 12.8 Å². The zero-order valence-corrected chi connectivity index (χ0v) is 21.1. The Balaban J connectivity index is 1.75. The molecule has 0 aromatic heterocycles. The van der Waals surface area contributed by atoms with Crippen LogP contribution in [0.3, 0.4) is 0 Å². The second-order valence-corrected chi connectivity index (χ2v) is 8.70. The molecule has 1 amide bonds. The first-order chi connectivity index (χ1) is 18.0. The number of para-hydroxylation sites is 1. The molecular weight excluding hydrogens is 470 g/mol. The van der Waals surface area contributed by atoms with E-state index in [1.165, 1.54) is 12.0 Å². The third kappa shape index (κ3) is 6.01. The minimum atomic E-state index is -0.806. The van der Waals surface area contributed by atoms with Gasteiger partial charge in [-0.3, -0.25) is 9.59 Å². The molecule has 1 N–H and O–H groups in total. The molecule has 3 aromatic rings. The van der Waals surface area contributed by atoms with Crippen LogP contribution in [0.2, 0.25) is 0 Å². The molecule has 1 aliphatic rings. The molecule has 7 heteroatoms. The Labute approximate surface area is 216 Å². The van der Waals surface area contributed by atoms with Gasteiger partial charge in [0.15, 0.2) is 0 Å². The Kier molecular flexibility index (Phi) is 8.59. The van der Waals surface area contributed by atoms with E-state index in [1.54, 1.807) is 42.5 Å². The van der Waals surface area contributed by atoms with E-state index >= 15 is 0 Å². The highest BCUT2D eigenvalue weighted by atomic mass is 16.5. The van der Waals surface area contributed by atoms with Crippen molar-refractivity contribution in [1.82, 2.24) is 4.90 Å². The number of methoxy groups -OCH3 is 1. The van der Waals surface area contributed by atoms with Crippen LogP contribution in [0.4, 0.5) is 0 Å². The van der Waals surface area contributed by atoms with Crippen LogP contribution in [-0.4, -0.2) is 48.6 Å². The average molecular weight is 502 g/mol. The molecule has 0 radical (unpaired) electrons. The van der Waals surface area contributed by atoms with Gasteiger partial charge in [-0.1, -0.05) is 55.8 Å². The summed E-state index contributed by atoms with van der Waals surface area (Å²) in [6.45, 7) is 3.06. The van der Waals surface area contributed by atoms with Crippen LogP contribution in [0, 0.1) is 0 Å². The van der Waals surface area contributed by atoms with Crippen molar-refractivity contribution in [2.24, 2.45) is 0 Å². The topological polar surface area (TPSA) is 85.3 Å². The summed E-state index contributed by atoms with van der Waals surface area (Å²) in [7, 11) is 1.53. The van der Waals surface area contributed by atoms with Gasteiger partial charge in [-0.25, -0.2) is 0 Å². The molecule has 1 fully saturated rings. The summed E-state index contributed by atoms with van der Waals surface area (Å²) in [5, 5.41) is 11.3. The summed E-state index contributed by atoms with van der Waals surface area (Å²) in [5.74, 6) is 0.110. The molecule has 0 aliphatic carbocycles. The van der Waals surface area contributed by atoms with E-state index in [1.807, 2.05) is 36.4 Å². The Hall–Kier alpha value is -4.10. The van der Waals surface area contributed by atoms with Gasteiger partial charge in [0.25, 0.3) is 11.7 Å². The number of aliphatic hydroxyl groups excluding tert-OH is 1. The molecule has 1 aliphatic heterocycles. The summed E-state index contributed by atoms with van der Waals surface area (Å²) in [6.07, 6.45) is 1.90. The van der Waals surface area contributed by atoms with Gasteiger partial charge < -0.3 is 24.2 Å². The lowest BCUT2D eigenvalue weighted by Crippen LogP contribution is -2.32. The first-order valence-corrected chi connectivity index (χ1v) is 12.4. The fraction of sp³-hybridized carbons (Fsp3) is 0.267. The van der Waals surface area contributed by atoms with Crippen LogP contribution in [0.25, 0.3) is 5.76 Å². The molecule has 1 heterocycles. The standard InChI is InChI=1S/C30H31NO6/c1-3-4-17-36-24-14-9-11-22(20-24)28(32)26-27(31(16-18-35-2)30(34)29(26)33)21-10-8-15-25(19-21)37-23-12-6-5-7-13-23/h5-15,19-20,27,32H,3-4,16-18H2,1-2H3. The van der Waals surface area contributed by atoms with Crippen LogP contribution in [-0.2, 0) is 14.3 Å². The van der Waals surface area contributed by atoms with Crippen molar-refractivity contribution in [3.05, 3.63) is 95.6 Å². The van der Waals surface area contributed by atoms with Crippen molar-refractivity contribution >= 4 is 17.4 Å². The van der Waals surface area contributed by atoms with Crippen LogP contribution in [0.1, 0.15) is 36.9 Å². The molecule has 3 aromatic carbocycles. The highest BCUT2D eigenvalue weighted by Gasteiger charge is 2.46. The second-order valence-electron chi connectivity index (χ2n) is 8.70. The van der Waals surface area contributed by atoms with Gasteiger partial charge in [-0.05, 0) is 48.4 Å². The molecule has 0 spiro atoms. The first-order valence-electron chi connectivity index (χ1n) is 12.4. The molecule has 1 unspecified atom stereocenters. The van der Waals surface area contributed by atoms with E-state index in [4.69, 9.17) is 14.2 Å². The van der Waals surface area contributed by atoms with Crippen molar-refractivity contribution in [2.45, 2.75) is 25.8 Å². The number of likely N-dealkylation sites (tertiary alicyclic amines) is 1. The number of ether oxygens (including phenoxy) is 3. The summed E-state index contributed by atoms with van der Waals surface area (Å²) >= 11 is 0. The van der Waals surface area contributed by atoms with Crippen molar-refractivity contribution in [3.63, 3.8) is 0 Å². The maximum Gasteiger partial charge on any atom is 0.295 e. The SMILES string of the molecule is CCCCOc1cccc(C(O)=C2C(=O)C(=O)N(CCOC)C2c2cccc(Oc3ccccc3)c2)c1. The lowest BCUT2D eigenvalue weighted by Gasteiger charge is -2.25. The van der Waals surface area contributed by atoms with Gasteiger partial charge in [0.2, 0.25) is 0 Å². The van der Waals surface area contributed by atoms with E-state index in [2.05, 4.69) is 6.92 Å². The zero-order chi connectivity index (χ0) is 26.2. The highest BCUT2D eigenvalue weighted by molar-refractivity contribution is 6.46. The molecule has 0 saturated carbocycles. The summed E-state index contributed by atoms with van der Waals surface area (Å²) < 4.78 is 17.0. The molecule has 4 rings (SSSR count). The molecule has 7 nitrogen and oxygen atoms in total. The lowest BCUT2D eigenvalue weighted by atomic mass is 9.95. The number of aliphatic hydroxyl groups is 1. The number of amides is 1. The first kappa shape index (κ1) is 26.0. The van der Waals surface area contributed by atoms with Gasteiger partial charge in [0.05, 0.1) is 24.8 Å². The zero-order valence-electron chi connectivity index (χ0n) is 21.1. The minimum absolute atomic E-state index is 0.0173. The minimum Gasteiger partial charge on any atom is -0.507 e. The number of benzene rings is 3. The summed E-state index contributed by atoms with van der Waals surface area (Å²) in [6, 6.07) is 22.6. The number of unbranched alkanes of at least 4 members (excludes halogenated alkanes) is 1. The van der Waals surface area contributed by atoms with Crippen molar-refractivity contribution in [3.8, 4) is 17.2 Å². The fourth-order valence-electron chi connectivity index (χ4n) is 4.24. The van der Waals surface area contributed by atoms with Crippen LogP contribution in [0.15, 0.2) is 84.4 Å².